The topological polar surface area (TPSA) is 64.3 Å². The van der Waals surface area contributed by atoms with Gasteiger partial charge in [0.1, 0.15) is 0 Å². The summed E-state index contributed by atoms with van der Waals surface area (Å²) in [4.78, 5) is 12.3. The molecule has 17 heavy (non-hydrogen) atoms. The van der Waals surface area contributed by atoms with Gasteiger partial charge in [0.05, 0.1) is 18.1 Å². The van der Waals surface area contributed by atoms with Crippen LogP contribution in [0.4, 0.5) is 0 Å². The van der Waals surface area contributed by atoms with E-state index in [9.17, 15) is 4.79 Å². The molecular weight excluding hydrogens is 216 g/mol. The Bertz CT molecular complexity index is 201. The number of carbonyl (C=O) groups is 1. The van der Waals surface area contributed by atoms with Gasteiger partial charge in [-0.25, -0.2) is 0 Å². The van der Waals surface area contributed by atoms with Crippen LogP contribution in [-0.4, -0.2) is 32.2 Å². The van der Waals surface area contributed by atoms with E-state index in [-0.39, 0.29) is 11.9 Å². The summed E-state index contributed by atoms with van der Waals surface area (Å²) in [6, 6.07) is 0.0986. The summed E-state index contributed by atoms with van der Waals surface area (Å²) in [5, 5.41) is 3.07. The molecule has 0 rings (SSSR count). The van der Waals surface area contributed by atoms with Crippen LogP contribution < -0.4 is 11.1 Å². The average Bonchev–Trinajstić information content (AvgIpc) is 2.32. The summed E-state index contributed by atoms with van der Waals surface area (Å²) in [6.45, 7) is 7.10. The van der Waals surface area contributed by atoms with Crippen molar-refractivity contribution in [1.29, 1.82) is 0 Å². The van der Waals surface area contributed by atoms with Gasteiger partial charge in [0, 0.05) is 13.7 Å². The molecule has 1 unspecified atom stereocenters. The SMILES string of the molecule is CCCC(COC)NC(=O)C(CC)(CC)CN. The molecule has 0 bridgehead atoms. The zero-order chi connectivity index (χ0) is 13.3. The van der Waals surface area contributed by atoms with E-state index in [4.69, 9.17) is 10.5 Å². The van der Waals surface area contributed by atoms with Crippen molar-refractivity contribution < 1.29 is 9.53 Å². The lowest BCUT2D eigenvalue weighted by Gasteiger charge is -2.31. The van der Waals surface area contributed by atoms with Crippen LogP contribution in [-0.2, 0) is 9.53 Å². The predicted molar refractivity (Wildman–Crippen MR) is 70.8 cm³/mol. The van der Waals surface area contributed by atoms with E-state index in [1.54, 1.807) is 7.11 Å². The molecule has 0 aromatic heterocycles. The molecule has 4 heteroatoms. The van der Waals surface area contributed by atoms with E-state index in [2.05, 4.69) is 12.2 Å². The molecule has 0 aromatic rings. The molecule has 0 radical (unpaired) electrons. The number of hydrogen-bond acceptors (Lipinski definition) is 3. The van der Waals surface area contributed by atoms with Gasteiger partial charge in [-0.2, -0.15) is 0 Å². The zero-order valence-corrected chi connectivity index (χ0v) is 11.7. The van der Waals surface area contributed by atoms with Gasteiger partial charge in [0.2, 0.25) is 5.91 Å². The first kappa shape index (κ1) is 16.4. The van der Waals surface area contributed by atoms with Crippen LogP contribution in [0.3, 0.4) is 0 Å². The van der Waals surface area contributed by atoms with Crippen molar-refractivity contribution in [3.63, 3.8) is 0 Å². The molecule has 0 aliphatic rings. The molecule has 0 saturated heterocycles. The van der Waals surface area contributed by atoms with Gasteiger partial charge < -0.3 is 15.8 Å². The minimum atomic E-state index is -0.417. The van der Waals surface area contributed by atoms with E-state index in [0.717, 1.165) is 25.7 Å². The molecule has 3 N–H and O–H groups in total. The molecule has 0 aromatic carbocycles. The largest absolute Gasteiger partial charge is 0.383 e. The Morgan fingerprint density at radius 1 is 1.35 bits per heavy atom. The van der Waals surface area contributed by atoms with Gasteiger partial charge in [0.25, 0.3) is 0 Å². The summed E-state index contributed by atoms with van der Waals surface area (Å²) in [5.74, 6) is 0.0699. The minimum Gasteiger partial charge on any atom is -0.383 e. The smallest absolute Gasteiger partial charge is 0.227 e. The molecule has 1 amide bonds. The highest BCUT2D eigenvalue weighted by molar-refractivity contribution is 5.83. The van der Waals surface area contributed by atoms with E-state index in [0.29, 0.717) is 13.2 Å². The van der Waals surface area contributed by atoms with E-state index in [1.807, 2.05) is 13.8 Å². The molecule has 0 heterocycles. The third kappa shape index (κ3) is 4.64. The third-order valence-corrected chi connectivity index (χ3v) is 3.57. The predicted octanol–water partition coefficient (Wildman–Crippen LogP) is 1.68. The highest BCUT2D eigenvalue weighted by atomic mass is 16.5. The Kier molecular flexibility index (Phi) is 8.17. The van der Waals surface area contributed by atoms with Gasteiger partial charge in [-0.05, 0) is 19.3 Å². The van der Waals surface area contributed by atoms with Crippen LogP contribution >= 0.6 is 0 Å². The maximum atomic E-state index is 12.3. The molecule has 0 saturated carbocycles. The Hall–Kier alpha value is -0.610. The number of amides is 1. The summed E-state index contributed by atoms with van der Waals surface area (Å²) >= 11 is 0. The van der Waals surface area contributed by atoms with Crippen molar-refractivity contribution in [1.82, 2.24) is 5.32 Å². The normalized spacial score (nSPS) is 13.5. The fraction of sp³-hybridized carbons (Fsp3) is 0.923. The number of ether oxygens (including phenoxy) is 1. The van der Waals surface area contributed by atoms with Crippen LogP contribution in [0.2, 0.25) is 0 Å². The number of nitrogens with two attached hydrogens (primary N) is 1. The Balaban J connectivity index is 4.55. The van der Waals surface area contributed by atoms with Gasteiger partial charge >= 0.3 is 0 Å². The van der Waals surface area contributed by atoms with Gasteiger partial charge in [0.15, 0.2) is 0 Å². The lowest BCUT2D eigenvalue weighted by atomic mass is 9.81. The van der Waals surface area contributed by atoms with Crippen LogP contribution in [0, 0.1) is 5.41 Å². The Morgan fingerprint density at radius 2 is 1.94 bits per heavy atom. The Labute approximate surface area is 105 Å². The molecular formula is C13H28N2O2. The average molecular weight is 244 g/mol. The fourth-order valence-electron chi connectivity index (χ4n) is 2.04. The maximum Gasteiger partial charge on any atom is 0.227 e. The highest BCUT2D eigenvalue weighted by Gasteiger charge is 2.34. The monoisotopic (exact) mass is 244 g/mol. The molecule has 102 valence electrons. The van der Waals surface area contributed by atoms with Crippen molar-refractivity contribution in [2.24, 2.45) is 11.1 Å². The van der Waals surface area contributed by atoms with Crippen molar-refractivity contribution in [2.45, 2.75) is 52.5 Å². The van der Waals surface area contributed by atoms with Gasteiger partial charge in [-0.3, -0.25) is 4.79 Å². The summed E-state index contributed by atoms with van der Waals surface area (Å²) < 4.78 is 5.13. The zero-order valence-electron chi connectivity index (χ0n) is 11.7. The highest BCUT2D eigenvalue weighted by Crippen LogP contribution is 2.25. The van der Waals surface area contributed by atoms with E-state index in [1.165, 1.54) is 0 Å². The maximum absolute atomic E-state index is 12.3. The van der Waals surface area contributed by atoms with Gasteiger partial charge in [-0.1, -0.05) is 27.2 Å². The van der Waals surface area contributed by atoms with Crippen molar-refractivity contribution >= 4 is 5.91 Å². The minimum absolute atomic E-state index is 0.0699. The molecule has 0 spiro atoms. The van der Waals surface area contributed by atoms with E-state index < -0.39 is 5.41 Å². The number of carbonyl (C=O) groups excluding carboxylic acids is 1. The Morgan fingerprint density at radius 3 is 2.29 bits per heavy atom. The molecule has 0 aliphatic heterocycles. The van der Waals surface area contributed by atoms with Crippen LogP contribution in [0.1, 0.15) is 46.5 Å². The van der Waals surface area contributed by atoms with Gasteiger partial charge in [-0.15, -0.1) is 0 Å². The lowest BCUT2D eigenvalue weighted by Crippen LogP contribution is -2.49. The van der Waals surface area contributed by atoms with E-state index >= 15 is 0 Å². The number of rotatable bonds is 9. The summed E-state index contributed by atoms with van der Waals surface area (Å²) in [7, 11) is 1.66. The van der Waals surface area contributed by atoms with Crippen molar-refractivity contribution in [3.05, 3.63) is 0 Å². The molecule has 0 aliphatic carbocycles. The lowest BCUT2D eigenvalue weighted by molar-refractivity contribution is -0.132. The number of nitrogens with one attached hydrogen (secondary N) is 1. The first-order valence-corrected chi connectivity index (χ1v) is 6.60. The second-order valence-electron chi connectivity index (χ2n) is 4.61. The molecule has 4 nitrogen and oxygen atoms in total. The summed E-state index contributed by atoms with van der Waals surface area (Å²) in [6.07, 6.45) is 3.52. The number of hydrogen-bond donors (Lipinski definition) is 2. The standard InChI is InChI=1S/C13H28N2O2/c1-5-8-11(9-17-4)15-12(16)13(6-2,7-3)10-14/h11H,5-10,14H2,1-4H3,(H,15,16). The number of methoxy groups -OCH3 is 1. The van der Waals surface area contributed by atoms with Crippen LogP contribution in [0.25, 0.3) is 0 Å². The second-order valence-corrected chi connectivity index (χ2v) is 4.61. The van der Waals surface area contributed by atoms with Crippen LogP contribution in [0.15, 0.2) is 0 Å². The van der Waals surface area contributed by atoms with Crippen LogP contribution in [0.5, 0.6) is 0 Å². The van der Waals surface area contributed by atoms with Crippen molar-refractivity contribution in [2.75, 3.05) is 20.3 Å². The fourth-order valence-corrected chi connectivity index (χ4v) is 2.04. The first-order chi connectivity index (χ1) is 8.10. The molecule has 0 fully saturated rings. The first-order valence-electron chi connectivity index (χ1n) is 6.60. The quantitative estimate of drug-likeness (QED) is 0.648. The second kappa shape index (κ2) is 8.48. The third-order valence-electron chi connectivity index (χ3n) is 3.57. The summed E-state index contributed by atoms with van der Waals surface area (Å²) in [5.41, 5.74) is 5.34. The molecule has 1 atom stereocenters. The van der Waals surface area contributed by atoms with Crippen molar-refractivity contribution in [3.8, 4) is 0 Å².